The minimum Gasteiger partial charge on any atom is -0.494 e. The van der Waals surface area contributed by atoms with Gasteiger partial charge in [-0.15, -0.1) is 0 Å². The first-order valence-corrected chi connectivity index (χ1v) is 11.4. The predicted octanol–water partition coefficient (Wildman–Crippen LogP) is 3.22. The van der Waals surface area contributed by atoms with Crippen LogP contribution in [0.3, 0.4) is 0 Å². The minimum atomic E-state index is -0.288. The monoisotopic (exact) mass is 463 g/mol. The van der Waals surface area contributed by atoms with Gasteiger partial charge in [0, 0.05) is 30.2 Å². The summed E-state index contributed by atoms with van der Waals surface area (Å²) in [5.74, 6) is 1.74. The molecule has 1 aliphatic heterocycles. The van der Waals surface area contributed by atoms with Gasteiger partial charge in [0.15, 0.2) is 18.1 Å². The molecule has 0 bridgehead atoms. The van der Waals surface area contributed by atoms with Crippen molar-refractivity contribution in [3.8, 4) is 28.5 Å². The highest BCUT2D eigenvalue weighted by atomic mass is 16.5. The van der Waals surface area contributed by atoms with E-state index >= 15 is 0 Å². The Balaban J connectivity index is 1.31. The number of nitrogens with one attached hydrogen (secondary N) is 1. The number of benzene rings is 2. The Morgan fingerprint density at radius 2 is 1.91 bits per heavy atom. The van der Waals surface area contributed by atoms with Crippen molar-refractivity contribution in [3.63, 3.8) is 0 Å². The Labute approximate surface area is 198 Å². The van der Waals surface area contributed by atoms with Crippen molar-refractivity contribution in [1.82, 2.24) is 15.1 Å². The molecule has 0 fully saturated rings. The van der Waals surface area contributed by atoms with Crippen LogP contribution in [-0.4, -0.2) is 41.0 Å². The van der Waals surface area contributed by atoms with Crippen molar-refractivity contribution in [1.29, 1.82) is 0 Å². The molecule has 0 aliphatic carbocycles. The summed E-state index contributed by atoms with van der Waals surface area (Å²) >= 11 is 0. The molecule has 0 spiro atoms. The van der Waals surface area contributed by atoms with Gasteiger partial charge in [-0.1, -0.05) is 12.1 Å². The van der Waals surface area contributed by atoms with E-state index in [-0.39, 0.29) is 36.8 Å². The average Bonchev–Trinajstić information content (AvgIpc) is 3.14. The predicted molar refractivity (Wildman–Crippen MR) is 128 cm³/mol. The standard InChI is InChI=1S/C26H29N3O5/c1-4-32-20-10-8-18(9-11-20)21-12-13-24(31)29(28-21)15-14-27-23(30)17-33-22-7-5-6-19-16-26(2,3)34-25(19)22/h5-13H,4,14-17H2,1-3H3,(H,27,30). The Kier molecular flexibility index (Phi) is 6.86. The number of hydrogen-bond acceptors (Lipinski definition) is 6. The first-order chi connectivity index (χ1) is 16.3. The highest BCUT2D eigenvalue weighted by molar-refractivity contribution is 5.77. The van der Waals surface area contributed by atoms with Crippen LogP contribution in [0.2, 0.25) is 0 Å². The lowest BCUT2D eigenvalue weighted by molar-refractivity contribution is -0.123. The molecule has 8 nitrogen and oxygen atoms in total. The molecule has 1 aliphatic rings. The van der Waals surface area contributed by atoms with Gasteiger partial charge in [0.2, 0.25) is 0 Å². The molecule has 34 heavy (non-hydrogen) atoms. The van der Waals surface area contributed by atoms with Crippen LogP contribution in [0.5, 0.6) is 17.2 Å². The normalized spacial score (nSPS) is 13.6. The van der Waals surface area contributed by atoms with Gasteiger partial charge in [0.05, 0.1) is 18.8 Å². The molecule has 0 saturated heterocycles. The van der Waals surface area contributed by atoms with E-state index in [0.717, 1.165) is 23.3 Å². The molecule has 1 amide bonds. The lowest BCUT2D eigenvalue weighted by atomic mass is 10.0. The first kappa shape index (κ1) is 23.4. The second kappa shape index (κ2) is 9.99. The van der Waals surface area contributed by atoms with Gasteiger partial charge in [0.25, 0.3) is 11.5 Å². The second-order valence-electron chi connectivity index (χ2n) is 8.66. The highest BCUT2D eigenvalue weighted by Crippen LogP contribution is 2.41. The molecule has 2 aromatic carbocycles. The van der Waals surface area contributed by atoms with Gasteiger partial charge in [-0.3, -0.25) is 9.59 Å². The number of fused-ring (bicyclic) bond motifs is 1. The number of carbonyl (C=O) groups excluding carboxylic acids is 1. The molecule has 0 atom stereocenters. The van der Waals surface area contributed by atoms with Crippen LogP contribution in [0.25, 0.3) is 11.3 Å². The van der Waals surface area contributed by atoms with Crippen LogP contribution in [0.15, 0.2) is 59.4 Å². The van der Waals surface area contributed by atoms with Crippen molar-refractivity contribution >= 4 is 5.91 Å². The molecule has 1 aromatic heterocycles. The molecule has 8 heteroatoms. The molecule has 0 radical (unpaired) electrons. The maximum atomic E-state index is 12.3. The van der Waals surface area contributed by atoms with E-state index in [0.29, 0.717) is 23.8 Å². The van der Waals surface area contributed by atoms with Crippen molar-refractivity contribution in [2.75, 3.05) is 19.8 Å². The van der Waals surface area contributed by atoms with Crippen molar-refractivity contribution in [3.05, 3.63) is 70.5 Å². The molecule has 2 heterocycles. The number of hydrogen-bond donors (Lipinski definition) is 1. The summed E-state index contributed by atoms with van der Waals surface area (Å²) in [4.78, 5) is 24.5. The summed E-state index contributed by atoms with van der Waals surface area (Å²) < 4.78 is 18.5. The average molecular weight is 464 g/mol. The number of nitrogens with zero attached hydrogens (tertiary/aromatic N) is 2. The molecular weight excluding hydrogens is 434 g/mol. The summed E-state index contributed by atoms with van der Waals surface area (Å²) in [6, 6.07) is 16.4. The second-order valence-corrected chi connectivity index (χ2v) is 8.66. The van der Waals surface area contributed by atoms with Crippen LogP contribution in [-0.2, 0) is 17.8 Å². The summed E-state index contributed by atoms with van der Waals surface area (Å²) in [6.07, 6.45) is 0.795. The molecule has 0 unspecified atom stereocenters. The Hall–Kier alpha value is -3.81. The van der Waals surface area contributed by atoms with E-state index in [1.54, 1.807) is 12.1 Å². The Morgan fingerprint density at radius 1 is 1.12 bits per heavy atom. The van der Waals surface area contributed by atoms with Crippen LogP contribution >= 0.6 is 0 Å². The summed E-state index contributed by atoms with van der Waals surface area (Å²) in [6.45, 7) is 6.91. The lowest BCUT2D eigenvalue weighted by Crippen LogP contribution is -2.34. The highest BCUT2D eigenvalue weighted by Gasteiger charge is 2.32. The number of ether oxygens (including phenoxy) is 3. The fourth-order valence-electron chi connectivity index (χ4n) is 3.85. The third-order valence-corrected chi connectivity index (χ3v) is 5.39. The molecular formula is C26H29N3O5. The van der Waals surface area contributed by atoms with Crippen molar-refractivity contribution in [2.45, 2.75) is 39.3 Å². The number of carbonyl (C=O) groups is 1. The SMILES string of the molecule is CCOc1ccc(-c2ccc(=O)n(CCNC(=O)COc3cccc4c3OC(C)(C)C4)n2)cc1. The lowest BCUT2D eigenvalue weighted by Gasteiger charge is -2.18. The fourth-order valence-corrected chi connectivity index (χ4v) is 3.85. The van der Waals surface area contributed by atoms with Gasteiger partial charge in [-0.25, -0.2) is 4.68 Å². The van der Waals surface area contributed by atoms with Gasteiger partial charge in [-0.05, 0) is 57.2 Å². The van der Waals surface area contributed by atoms with E-state index in [9.17, 15) is 9.59 Å². The van der Waals surface area contributed by atoms with Crippen LogP contribution in [0.1, 0.15) is 26.3 Å². The molecule has 0 saturated carbocycles. The van der Waals surface area contributed by atoms with Gasteiger partial charge in [-0.2, -0.15) is 5.10 Å². The first-order valence-electron chi connectivity index (χ1n) is 11.4. The van der Waals surface area contributed by atoms with Crippen molar-refractivity contribution in [2.24, 2.45) is 0 Å². The van der Waals surface area contributed by atoms with Gasteiger partial charge in [0.1, 0.15) is 11.4 Å². The van der Waals surface area contributed by atoms with Crippen molar-refractivity contribution < 1.29 is 19.0 Å². The van der Waals surface area contributed by atoms with E-state index in [4.69, 9.17) is 14.2 Å². The van der Waals surface area contributed by atoms with Gasteiger partial charge < -0.3 is 19.5 Å². The van der Waals surface area contributed by atoms with Crippen LogP contribution in [0.4, 0.5) is 0 Å². The maximum absolute atomic E-state index is 12.3. The maximum Gasteiger partial charge on any atom is 0.266 e. The summed E-state index contributed by atoms with van der Waals surface area (Å²) in [5.41, 5.74) is 2.08. The zero-order valence-electron chi connectivity index (χ0n) is 19.7. The topological polar surface area (TPSA) is 91.7 Å². The Bertz CT molecular complexity index is 1220. The largest absolute Gasteiger partial charge is 0.494 e. The molecule has 1 N–H and O–H groups in total. The quantitative estimate of drug-likeness (QED) is 0.524. The van der Waals surface area contributed by atoms with E-state index in [2.05, 4.69) is 10.4 Å². The smallest absolute Gasteiger partial charge is 0.266 e. The zero-order valence-corrected chi connectivity index (χ0v) is 19.7. The molecule has 178 valence electrons. The summed E-state index contributed by atoms with van der Waals surface area (Å²) in [7, 11) is 0. The third-order valence-electron chi connectivity index (χ3n) is 5.39. The molecule has 3 aromatic rings. The number of rotatable bonds is 9. The number of para-hydroxylation sites is 1. The van der Waals surface area contributed by atoms with E-state index in [1.807, 2.05) is 57.2 Å². The van der Waals surface area contributed by atoms with Gasteiger partial charge >= 0.3 is 0 Å². The number of amides is 1. The Morgan fingerprint density at radius 3 is 2.68 bits per heavy atom. The summed E-state index contributed by atoms with van der Waals surface area (Å²) in [5, 5.41) is 7.20. The molecule has 4 rings (SSSR count). The van der Waals surface area contributed by atoms with E-state index in [1.165, 1.54) is 10.7 Å². The van der Waals surface area contributed by atoms with Crippen LogP contribution in [0, 0.1) is 0 Å². The minimum absolute atomic E-state index is 0.144. The third kappa shape index (κ3) is 5.57. The van der Waals surface area contributed by atoms with E-state index < -0.39 is 0 Å². The van der Waals surface area contributed by atoms with Crippen LogP contribution < -0.4 is 25.1 Å². The fraction of sp³-hybridized carbons (Fsp3) is 0.346. The number of aromatic nitrogens is 2. The zero-order chi connectivity index (χ0) is 24.1.